The van der Waals surface area contributed by atoms with Crippen LogP contribution in [0.5, 0.6) is 0 Å². The van der Waals surface area contributed by atoms with Crippen LogP contribution in [0.4, 0.5) is 11.8 Å². The molecule has 172 valence electrons. The number of amides is 1. The van der Waals surface area contributed by atoms with Crippen LogP contribution in [-0.4, -0.2) is 70.0 Å². The van der Waals surface area contributed by atoms with E-state index in [0.29, 0.717) is 42.9 Å². The summed E-state index contributed by atoms with van der Waals surface area (Å²) in [4.78, 5) is 29.2. The van der Waals surface area contributed by atoms with Crippen LogP contribution < -0.4 is 16.4 Å². The molecule has 0 radical (unpaired) electrons. The zero-order valence-electron chi connectivity index (χ0n) is 18.1. The summed E-state index contributed by atoms with van der Waals surface area (Å²) in [6.07, 6.45) is 4.48. The van der Waals surface area contributed by atoms with Gasteiger partial charge in [-0.15, -0.1) is 0 Å². The fourth-order valence-corrected chi connectivity index (χ4v) is 4.01. The van der Waals surface area contributed by atoms with Gasteiger partial charge in [-0.25, -0.2) is 9.97 Å². The van der Waals surface area contributed by atoms with Crippen molar-refractivity contribution in [2.24, 2.45) is 0 Å². The Morgan fingerprint density at radius 2 is 2.03 bits per heavy atom. The third-order valence-electron chi connectivity index (χ3n) is 5.84. The number of carbonyl (C=O) groups is 1. The summed E-state index contributed by atoms with van der Waals surface area (Å²) in [6, 6.07) is -1.07. The molecular weight excluding hydrogens is 414 g/mol. The number of hydrogen-bond donors (Lipinski definition) is 5. The van der Waals surface area contributed by atoms with E-state index in [0.717, 1.165) is 12.2 Å². The monoisotopic (exact) mass is 443 g/mol. The number of anilines is 2. The van der Waals surface area contributed by atoms with E-state index in [1.165, 1.54) is 6.33 Å². The maximum atomic E-state index is 11.8. The first kappa shape index (κ1) is 22.0. The van der Waals surface area contributed by atoms with Crippen LogP contribution in [0.1, 0.15) is 38.4 Å². The summed E-state index contributed by atoms with van der Waals surface area (Å²) in [5, 5.41) is 27.0. The number of nitrogens with two attached hydrogens (primary N) is 1. The molecule has 0 spiro atoms. The normalized spacial score (nSPS) is 23.0. The summed E-state index contributed by atoms with van der Waals surface area (Å²) >= 11 is 0. The second-order valence-electron chi connectivity index (χ2n) is 7.94. The molecule has 32 heavy (non-hydrogen) atoms. The molecular formula is C20H29N9O3. The minimum absolute atomic E-state index is 0.181. The van der Waals surface area contributed by atoms with Crippen LogP contribution in [0.3, 0.4) is 0 Å². The van der Waals surface area contributed by atoms with Crippen molar-refractivity contribution >= 4 is 28.8 Å². The molecule has 12 heteroatoms. The van der Waals surface area contributed by atoms with Gasteiger partial charge in [0.15, 0.2) is 11.5 Å². The van der Waals surface area contributed by atoms with Gasteiger partial charge < -0.3 is 35.7 Å². The molecule has 1 aliphatic carbocycles. The van der Waals surface area contributed by atoms with Crippen molar-refractivity contribution in [3.63, 3.8) is 0 Å². The van der Waals surface area contributed by atoms with Crippen LogP contribution >= 0.6 is 0 Å². The van der Waals surface area contributed by atoms with Gasteiger partial charge in [-0.3, -0.25) is 4.79 Å². The molecule has 1 fully saturated rings. The molecule has 0 aliphatic heterocycles. The van der Waals surface area contributed by atoms with E-state index < -0.39 is 24.3 Å². The van der Waals surface area contributed by atoms with Crippen molar-refractivity contribution in [2.75, 3.05) is 17.6 Å². The molecule has 1 unspecified atom stereocenters. The molecule has 0 aromatic carbocycles. The van der Waals surface area contributed by atoms with Gasteiger partial charge in [0.2, 0.25) is 11.9 Å². The predicted molar refractivity (Wildman–Crippen MR) is 118 cm³/mol. The third kappa shape index (κ3) is 4.23. The van der Waals surface area contributed by atoms with Gasteiger partial charge in [0.25, 0.3) is 0 Å². The predicted octanol–water partition coefficient (Wildman–Crippen LogP) is -0.159. The Bertz CT molecular complexity index is 1100. The minimum atomic E-state index is -1.09. The number of aliphatic hydroxyl groups excluding tert-OH is 2. The average Bonchev–Trinajstić information content (AvgIpc) is 3.48. The Labute approximate surface area is 184 Å². The molecule has 4 rings (SSSR count). The Morgan fingerprint density at radius 3 is 2.75 bits per heavy atom. The van der Waals surface area contributed by atoms with Crippen molar-refractivity contribution in [2.45, 2.75) is 63.9 Å². The summed E-state index contributed by atoms with van der Waals surface area (Å²) in [7, 11) is 0. The standard InChI is InChI=1S/C20H29N9O3/c1-3-14(30)25-12-7-13(17(32)16(12)31)29-10-24-15-18(21)26-20(27-19(15)29)22-6-5-11-8-28(4-2)9-23-11/h8-10,12-13,16-17,31-32H,3-7H2,1-2H3,(H,25,30)(H3,21,22,26,27)/t12-,13?,16+,17-/m0/s1. The van der Waals surface area contributed by atoms with Gasteiger partial charge in [-0.2, -0.15) is 9.97 Å². The van der Waals surface area contributed by atoms with Crippen LogP contribution in [0.2, 0.25) is 0 Å². The van der Waals surface area contributed by atoms with Crippen molar-refractivity contribution in [3.8, 4) is 0 Å². The van der Waals surface area contributed by atoms with Crippen LogP contribution in [-0.2, 0) is 17.8 Å². The number of nitrogens with zero attached hydrogens (tertiary/aromatic N) is 6. The zero-order valence-corrected chi connectivity index (χ0v) is 18.1. The van der Waals surface area contributed by atoms with Crippen molar-refractivity contribution < 1.29 is 15.0 Å². The summed E-state index contributed by atoms with van der Waals surface area (Å²) < 4.78 is 3.69. The SMILES string of the molecule is CCC(=O)N[C@H]1CC(n2cnc3c(N)nc(NCCc4cn(CC)cn4)nc32)[C@H](O)[C@@H]1O. The quantitative estimate of drug-likeness (QED) is 0.317. The van der Waals surface area contributed by atoms with E-state index in [4.69, 9.17) is 5.73 Å². The second kappa shape index (κ2) is 9.09. The molecule has 0 bridgehead atoms. The smallest absolute Gasteiger partial charge is 0.226 e. The van der Waals surface area contributed by atoms with Gasteiger partial charge >= 0.3 is 0 Å². The van der Waals surface area contributed by atoms with Gasteiger partial charge in [0.1, 0.15) is 17.7 Å². The number of aryl methyl sites for hydroxylation is 1. The molecule has 1 amide bonds. The number of hydrogen-bond acceptors (Lipinski definition) is 9. The first-order chi connectivity index (χ1) is 15.4. The molecule has 3 aromatic rings. The topological polar surface area (TPSA) is 169 Å². The molecule has 1 saturated carbocycles. The van der Waals surface area contributed by atoms with Crippen molar-refractivity contribution in [1.82, 2.24) is 34.4 Å². The molecule has 6 N–H and O–H groups in total. The number of nitrogens with one attached hydrogen (secondary N) is 2. The Morgan fingerprint density at radius 1 is 1.22 bits per heavy atom. The molecule has 3 aromatic heterocycles. The summed E-state index contributed by atoms with van der Waals surface area (Å²) in [5.41, 5.74) is 7.92. The minimum Gasteiger partial charge on any atom is -0.388 e. The van der Waals surface area contributed by atoms with Gasteiger partial charge in [-0.05, 0) is 13.3 Å². The van der Waals surface area contributed by atoms with Gasteiger partial charge in [0, 0.05) is 32.1 Å². The molecule has 4 atom stereocenters. The number of aromatic nitrogens is 6. The second-order valence-corrected chi connectivity index (χ2v) is 7.94. The molecule has 0 saturated heterocycles. The fourth-order valence-electron chi connectivity index (χ4n) is 4.01. The van der Waals surface area contributed by atoms with Crippen LogP contribution in [0.15, 0.2) is 18.9 Å². The van der Waals surface area contributed by atoms with Crippen molar-refractivity contribution in [1.29, 1.82) is 0 Å². The number of nitrogen functional groups attached to an aromatic ring is 1. The molecule has 12 nitrogen and oxygen atoms in total. The highest BCUT2D eigenvalue weighted by Crippen LogP contribution is 2.34. The number of carbonyl (C=O) groups excluding carboxylic acids is 1. The van der Waals surface area contributed by atoms with E-state index in [9.17, 15) is 15.0 Å². The lowest BCUT2D eigenvalue weighted by atomic mass is 10.2. The first-order valence-corrected chi connectivity index (χ1v) is 10.8. The zero-order chi connectivity index (χ0) is 22.8. The third-order valence-corrected chi connectivity index (χ3v) is 5.84. The van der Waals surface area contributed by atoms with E-state index in [1.807, 2.05) is 10.8 Å². The lowest BCUT2D eigenvalue weighted by molar-refractivity contribution is -0.122. The summed E-state index contributed by atoms with van der Waals surface area (Å²) in [6.45, 7) is 5.22. The number of fused-ring (bicyclic) bond motifs is 1. The average molecular weight is 444 g/mol. The Hall–Kier alpha value is -3.25. The molecule has 3 heterocycles. The Balaban J connectivity index is 1.52. The largest absolute Gasteiger partial charge is 0.388 e. The maximum absolute atomic E-state index is 11.8. The number of aliphatic hydroxyl groups is 2. The fraction of sp³-hybridized carbons (Fsp3) is 0.550. The maximum Gasteiger partial charge on any atom is 0.226 e. The summed E-state index contributed by atoms with van der Waals surface area (Å²) in [5.74, 6) is 0.380. The Kier molecular flexibility index (Phi) is 6.24. The van der Waals surface area contributed by atoms with E-state index in [-0.39, 0.29) is 11.7 Å². The highest BCUT2D eigenvalue weighted by molar-refractivity contribution is 5.83. The van der Waals surface area contributed by atoms with E-state index >= 15 is 0 Å². The highest BCUT2D eigenvalue weighted by atomic mass is 16.3. The van der Waals surface area contributed by atoms with Crippen molar-refractivity contribution in [3.05, 3.63) is 24.5 Å². The first-order valence-electron chi connectivity index (χ1n) is 10.8. The lowest BCUT2D eigenvalue weighted by Gasteiger charge is -2.18. The van der Waals surface area contributed by atoms with Gasteiger partial charge in [-0.1, -0.05) is 6.92 Å². The highest BCUT2D eigenvalue weighted by Gasteiger charge is 2.43. The van der Waals surface area contributed by atoms with E-state index in [2.05, 4.69) is 37.5 Å². The van der Waals surface area contributed by atoms with E-state index in [1.54, 1.807) is 17.8 Å². The van der Waals surface area contributed by atoms with Crippen LogP contribution in [0, 0.1) is 0 Å². The van der Waals surface area contributed by atoms with Gasteiger partial charge in [0.05, 0.1) is 30.4 Å². The lowest BCUT2D eigenvalue weighted by Crippen LogP contribution is -2.42. The molecule has 1 aliphatic rings. The number of rotatable bonds is 8. The number of imidazole rings is 2. The van der Waals surface area contributed by atoms with Crippen LogP contribution in [0.25, 0.3) is 11.2 Å².